The molecule has 0 fully saturated rings. The van der Waals surface area contributed by atoms with Crippen LogP contribution in [0.15, 0.2) is 60.7 Å². The van der Waals surface area contributed by atoms with E-state index in [2.05, 4.69) is 0 Å². The average molecular weight is 257 g/mol. The number of hydrogen-bond donors (Lipinski definition) is 1. The molecule has 0 amide bonds. The summed E-state index contributed by atoms with van der Waals surface area (Å²) < 4.78 is 0. The Bertz CT molecular complexity index is 471. The van der Waals surface area contributed by atoms with Crippen molar-refractivity contribution in [2.24, 2.45) is 5.92 Å². The second-order valence-corrected chi connectivity index (χ2v) is 4.41. The van der Waals surface area contributed by atoms with Gasteiger partial charge in [0, 0.05) is 17.8 Å². The zero-order valence-corrected chi connectivity index (χ0v) is 11.2. The van der Waals surface area contributed by atoms with Crippen molar-refractivity contribution in [1.29, 1.82) is 0 Å². The smallest absolute Gasteiger partial charge is 0.0452 e. The number of benzene rings is 2. The summed E-state index contributed by atoms with van der Waals surface area (Å²) in [5.74, 6) is -1.75. The largest absolute Gasteiger partial charge is 0.550 e. The average Bonchev–Trinajstić information content (AvgIpc) is 2.41. The van der Waals surface area contributed by atoms with Crippen LogP contribution in [0, 0.1) is 5.92 Å². The monoisotopic (exact) mass is 257 g/mol. The molecule has 0 spiro atoms. The first-order valence-corrected chi connectivity index (χ1v) is 6.01. The van der Waals surface area contributed by atoms with Crippen LogP contribution in [-0.4, -0.2) is 5.97 Å². The third-order valence-electron chi connectivity index (χ3n) is 3.19. The number of carboxylic acid groups (broad SMARTS) is 1. The lowest BCUT2D eigenvalue weighted by molar-refractivity contribution is -0.311. The van der Waals surface area contributed by atoms with Crippen LogP contribution in [-0.2, 0) is 4.79 Å². The van der Waals surface area contributed by atoms with Crippen LogP contribution in [0.25, 0.3) is 0 Å². The molecule has 100 valence electrons. The first kappa shape index (κ1) is 14.9. The lowest BCUT2D eigenvalue weighted by atomic mass is 9.82. The van der Waals surface area contributed by atoms with Gasteiger partial charge in [0.2, 0.25) is 0 Å². The van der Waals surface area contributed by atoms with Crippen LogP contribution >= 0.6 is 0 Å². The van der Waals surface area contributed by atoms with Crippen molar-refractivity contribution in [1.82, 2.24) is 6.15 Å². The highest BCUT2D eigenvalue weighted by molar-refractivity contribution is 5.69. The van der Waals surface area contributed by atoms with Crippen molar-refractivity contribution in [2.45, 2.75) is 12.8 Å². The maximum atomic E-state index is 11.2. The molecule has 1 atom stereocenters. The van der Waals surface area contributed by atoms with Crippen molar-refractivity contribution < 1.29 is 9.90 Å². The van der Waals surface area contributed by atoms with Crippen LogP contribution in [0.1, 0.15) is 24.0 Å². The van der Waals surface area contributed by atoms with Gasteiger partial charge < -0.3 is 16.1 Å². The van der Waals surface area contributed by atoms with Gasteiger partial charge in [-0.3, -0.25) is 0 Å². The predicted molar refractivity (Wildman–Crippen MR) is 74.9 cm³/mol. The van der Waals surface area contributed by atoms with E-state index in [4.69, 9.17) is 0 Å². The molecule has 19 heavy (non-hydrogen) atoms. The Hall–Kier alpha value is -2.13. The van der Waals surface area contributed by atoms with E-state index in [9.17, 15) is 9.90 Å². The molecule has 2 aromatic rings. The predicted octanol–water partition coefficient (Wildman–Crippen LogP) is 2.58. The Morgan fingerprint density at radius 1 is 0.895 bits per heavy atom. The molecular weight excluding hydrogens is 238 g/mol. The quantitative estimate of drug-likeness (QED) is 0.913. The number of hydrogen-bond acceptors (Lipinski definition) is 2. The highest BCUT2D eigenvalue weighted by atomic mass is 16.4. The normalized spacial score (nSPS) is 11.7. The molecule has 4 N–H and O–H groups in total. The van der Waals surface area contributed by atoms with Gasteiger partial charge in [-0.1, -0.05) is 67.6 Å². The van der Waals surface area contributed by atoms with Crippen LogP contribution in [0.4, 0.5) is 0 Å². The number of rotatable bonds is 4. The van der Waals surface area contributed by atoms with Crippen LogP contribution in [0.3, 0.4) is 0 Å². The second-order valence-electron chi connectivity index (χ2n) is 4.41. The van der Waals surface area contributed by atoms with E-state index in [0.29, 0.717) is 0 Å². The van der Waals surface area contributed by atoms with Gasteiger partial charge in [-0.25, -0.2) is 0 Å². The number of aliphatic carboxylic acids is 1. The summed E-state index contributed by atoms with van der Waals surface area (Å²) >= 11 is 0. The van der Waals surface area contributed by atoms with Crippen LogP contribution < -0.4 is 11.3 Å². The van der Waals surface area contributed by atoms with Gasteiger partial charge in [0.1, 0.15) is 0 Å². The van der Waals surface area contributed by atoms with E-state index >= 15 is 0 Å². The SMILES string of the molecule is CC(C(=O)[O-])C(c1ccccc1)c1ccccc1.[NH4+]. The van der Waals surface area contributed by atoms with Gasteiger partial charge in [-0.2, -0.15) is 0 Å². The topological polar surface area (TPSA) is 76.6 Å². The number of carboxylic acids is 1. The third kappa shape index (κ3) is 3.42. The zero-order chi connectivity index (χ0) is 13.0. The fraction of sp³-hybridized carbons (Fsp3) is 0.188. The molecule has 0 aliphatic carbocycles. The van der Waals surface area contributed by atoms with Crippen molar-refractivity contribution in [3.05, 3.63) is 71.8 Å². The van der Waals surface area contributed by atoms with Gasteiger partial charge >= 0.3 is 0 Å². The summed E-state index contributed by atoms with van der Waals surface area (Å²) in [6, 6.07) is 19.4. The number of quaternary nitrogens is 1. The Labute approximate surface area is 113 Å². The standard InChI is InChI=1S/C16H16O2.H3N/c1-12(16(17)18)15(13-8-4-2-5-9-13)14-10-6-3-7-11-14;/h2-12,15H,1H3,(H,17,18);1H3. The zero-order valence-electron chi connectivity index (χ0n) is 11.2. The third-order valence-corrected chi connectivity index (χ3v) is 3.19. The van der Waals surface area contributed by atoms with E-state index in [-0.39, 0.29) is 12.1 Å². The summed E-state index contributed by atoms with van der Waals surface area (Å²) in [5, 5.41) is 11.2. The molecule has 1 unspecified atom stereocenters. The Morgan fingerprint density at radius 3 is 1.58 bits per heavy atom. The Balaban J connectivity index is 0.00000180. The first-order valence-electron chi connectivity index (χ1n) is 6.01. The highest BCUT2D eigenvalue weighted by Gasteiger charge is 2.21. The summed E-state index contributed by atoms with van der Waals surface area (Å²) in [6.45, 7) is 1.69. The number of carbonyl (C=O) groups is 1. The summed E-state index contributed by atoms with van der Waals surface area (Å²) in [5.41, 5.74) is 2.00. The Kier molecular flexibility index (Phi) is 5.27. The molecule has 0 aliphatic rings. The number of carbonyl (C=O) groups excluding carboxylic acids is 1. The van der Waals surface area contributed by atoms with Crippen molar-refractivity contribution in [3.8, 4) is 0 Å². The van der Waals surface area contributed by atoms with E-state index in [1.807, 2.05) is 60.7 Å². The molecule has 0 saturated carbocycles. The maximum absolute atomic E-state index is 11.2. The van der Waals surface area contributed by atoms with Gasteiger partial charge in [0.05, 0.1) is 0 Å². The summed E-state index contributed by atoms with van der Waals surface area (Å²) in [7, 11) is 0. The summed E-state index contributed by atoms with van der Waals surface area (Å²) in [4.78, 5) is 11.2. The minimum Gasteiger partial charge on any atom is -0.550 e. The Morgan fingerprint density at radius 2 is 1.26 bits per heavy atom. The first-order chi connectivity index (χ1) is 8.70. The minimum atomic E-state index is -1.02. The second kappa shape index (κ2) is 6.71. The maximum Gasteiger partial charge on any atom is 0.0452 e. The van der Waals surface area contributed by atoms with Crippen molar-refractivity contribution in [2.75, 3.05) is 0 Å². The molecular formula is C16H19NO2. The van der Waals surface area contributed by atoms with Crippen molar-refractivity contribution in [3.63, 3.8) is 0 Å². The minimum absolute atomic E-state index is 0. The van der Waals surface area contributed by atoms with Gasteiger partial charge in [-0.05, 0) is 11.1 Å². The molecule has 2 rings (SSSR count). The molecule has 0 saturated heterocycles. The van der Waals surface area contributed by atoms with E-state index in [1.165, 1.54) is 0 Å². The molecule has 0 bridgehead atoms. The van der Waals surface area contributed by atoms with Gasteiger partial charge in [0.15, 0.2) is 0 Å². The van der Waals surface area contributed by atoms with E-state index in [0.717, 1.165) is 11.1 Å². The molecule has 0 aliphatic heterocycles. The highest BCUT2D eigenvalue weighted by Crippen LogP contribution is 2.31. The summed E-state index contributed by atoms with van der Waals surface area (Å²) in [6.07, 6.45) is 0. The molecule has 0 heterocycles. The molecule has 0 aromatic heterocycles. The van der Waals surface area contributed by atoms with E-state index < -0.39 is 11.9 Å². The fourth-order valence-corrected chi connectivity index (χ4v) is 2.23. The van der Waals surface area contributed by atoms with Gasteiger partial charge in [0.25, 0.3) is 0 Å². The lowest BCUT2D eigenvalue weighted by Crippen LogP contribution is -2.33. The fourth-order valence-electron chi connectivity index (χ4n) is 2.23. The van der Waals surface area contributed by atoms with Crippen LogP contribution in [0.2, 0.25) is 0 Å². The van der Waals surface area contributed by atoms with E-state index in [1.54, 1.807) is 6.92 Å². The van der Waals surface area contributed by atoms with Gasteiger partial charge in [-0.15, -0.1) is 0 Å². The molecule has 0 radical (unpaired) electrons. The molecule has 3 nitrogen and oxygen atoms in total. The van der Waals surface area contributed by atoms with Crippen molar-refractivity contribution >= 4 is 5.97 Å². The lowest BCUT2D eigenvalue weighted by Gasteiger charge is -2.25. The molecule has 2 aromatic carbocycles. The van der Waals surface area contributed by atoms with Crippen LogP contribution in [0.5, 0.6) is 0 Å². The molecule has 3 heteroatoms.